The average Bonchev–Trinajstić information content (AvgIpc) is 2.92. The summed E-state index contributed by atoms with van der Waals surface area (Å²) in [5, 5.41) is 9.28. The first-order valence-corrected chi connectivity index (χ1v) is 9.19. The molecule has 1 aromatic carbocycles. The van der Waals surface area contributed by atoms with Crippen molar-refractivity contribution in [1.29, 1.82) is 0 Å². The lowest BCUT2D eigenvalue weighted by Crippen LogP contribution is -2.31. The summed E-state index contributed by atoms with van der Waals surface area (Å²) in [6.45, 7) is 0.498. The standard InChI is InChI=1S/C14H20BrNO4S/c1-20-14-6-5-12(7-13(14)15)21(18,19)16-8-10-3-2-4-11(10)9-17/h5-7,10-11,16-17H,2-4,8-9H2,1H3. The molecule has 118 valence electrons. The fourth-order valence-electron chi connectivity index (χ4n) is 2.74. The van der Waals surface area contributed by atoms with Crippen molar-refractivity contribution in [3.05, 3.63) is 22.7 Å². The number of methoxy groups -OCH3 is 1. The van der Waals surface area contributed by atoms with Gasteiger partial charge in [-0.1, -0.05) is 6.42 Å². The third-order valence-electron chi connectivity index (χ3n) is 4.02. The lowest BCUT2D eigenvalue weighted by Gasteiger charge is -2.18. The molecule has 0 aliphatic heterocycles. The van der Waals surface area contributed by atoms with Crippen LogP contribution in [0.3, 0.4) is 0 Å². The van der Waals surface area contributed by atoms with Crippen LogP contribution < -0.4 is 9.46 Å². The second kappa shape index (κ2) is 7.09. The van der Waals surface area contributed by atoms with Crippen LogP contribution in [0.2, 0.25) is 0 Å². The number of halogens is 1. The van der Waals surface area contributed by atoms with Crippen LogP contribution in [0.1, 0.15) is 19.3 Å². The van der Waals surface area contributed by atoms with Crippen molar-refractivity contribution in [2.24, 2.45) is 11.8 Å². The number of nitrogens with one attached hydrogen (secondary N) is 1. The minimum Gasteiger partial charge on any atom is -0.496 e. The van der Waals surface area contributed by atoms with Gasteiger partial charge < -0.3 is 9.84 Å². The lowest BCUT2D eigenvalue weighted by molar-refractivity contribution is 0.195. The Bertz CT molecular complexity index is 591. The van der Waals surface area contributed by atoms with E-state index in [9.17, 15) is 13.5 Å². The Hall–Kier alpha value is -0.630. The second-order valence-electron chi connectivity index (χ2n) is 5.28. The fourth-order valence-corrected chi connectivity index (χ4v) is 4.55. The molecule has 0 radical (unpaired) electrons. The zero-order valence-corrected chi connectivity index (χ0v) is 14.3. The molecule has 1 aromatic rings. The molecule has 1 fully saturated rings. The maximum Gasteiger partial charge on any atom is 0.240 e. The van der Waals surface area contributed by atoms with E-state index in [1.807, 2.05) is 0 Å². The molecule has 1 aliphatic carbocycles. The van der Waals surface area contributed by atoms with E-state index in [1.54, 1.807) is 6.07 Å². The minimum atomic E-state index is -3.54. The monoisotopic (exact) mass is 377 g/mol. The minimum absolute atomic E-state index is 0.125. The number of benzene rings is 1. The van der Waals surface area contributed by atoms with Crippen LogP contribution in [0.25, 0.3) is 0 Å². The van der Waals surface area contributed by atoms with Crippen LogP contribution in [0.5, 0.6) is 5.75 Å². The number of rotatable bonds is 6. The second-order valence-corrected chi connectivity index (χ2v) is 7.90. The highest BCUT2D eigenvalue weighted by Crippen LogP contribution is 2.31. The molecule has 2 N–H and O–H groups in total. The summed E-state index contributed by atoms with van der Waals surface area (Å²) < 4.78 is 32.9. The maximum absolute atomic E-state index is 12.3. The Morgan fingerprint density at radius 3 is 2.71 bits per heavy atom. The van der Waals surface area contributed by atoms with E-state index >= 15 is 0 Å². The van der Waals surface area contributed by atoms with Crippen LogP contribution >= 0.6 is 15.9 Å². The Labute approximate surface area is 133 Å². The molecule has 0 heterocycles. The van der Waals surface area contributed by atoms with Crippen LogP contribution in [-0.4, -0.2) is 33.8 Å². The van der Waals surface area contributed by atoms with Gasteiger partial charge in [-0.25, -0.2) is 13.1 Å². The Balaban J connectivity index is 2.06. The van der Waals surface area contributed by atoms with Gasteiger partial charge in [0, 0.05) is 13.2 Å². The Morgan fingerprint density at radius 2 is 2.10 bits per heavy atom. The van der Waals surface area contributed by atoms with Crippen molar-refractivity contribution < 1.29 is 18.3 Å². The van der Waals surface area contributed by atoms with Gasteiger partial charge in [0.05, 0.1) is 16.5 Å². The number of sulfonamides is 1. The molecule has 1 saturated carbocycles. The van der Waals surface area contributed by atoms with Gasteiger partial charge in [0.1, 0.15) is 5.75 Å². The maximum atomic E-state index is 12.3. The largest absolute Gasteiger partial charge is 0.496 e. The predicted molar refractivity (Wildman–Crippen MR) is 83.8 cm³/mol. The molecule has 7 heteroatoms. The molecule has 0 amide bonds. The van der Waals surface area contributed by atoms with Crippen molar-refractivity contribution in [2.45, 2.75) is 24.2 Å². The summed E-state index contributed by atoms with van der Waals surface area (Å²) in [7, 11) is -2.01. The Morgan fingerprint density at radius 1 is 1.38 bits per heavy atom. The number of aliphatic hydroxyl groups is 1. The molecule has 0 aromatic heterocycles. The highest BCUT2D eigenvalue weighted by Gasteiger charge is 2.28. The summed E-state index contributed by atoms with van der Waals surface area (Å²) in [6, 6.07) is 4.66. The number of hydrogen-bond donors (Lipinski definition) is 2. The smallest absolute Gasteiger partial charge is 0.240 e. The molecular weight excluding hydrogens is 358 g/mol. The highest BCUT2D eigenvalue weighted by molar-refractivity contribution is 9.10. The predicted octanol–water partition coefficient (Wildman–Crippen LogP) is 2.14. The summed E-state index contributed by atoms with van der Waals surface area (Å²) >= 11 is 3.29. The quantitative estimate of drug-likeness (QED) is 0.796. The van der Waals surface area contributed by atoms with E-state index in [4.69, 9.17) is 4.74 Å². The third-order valence-corrected chi connectivity index (χ3v) is 6.06. The summed E-state index contributed by atoms with van der Waals surface area (Å²) in [5.41, 5.74) is 0. The van der Waals surface area contributed by atoms with Gasteiger partial charge >= 0.3 is 0 Å². The van der Waals surface area contributed by atoms with Crippen molar-refractivity contribution >= 4 is 26.0 Å². The average molecular weight is 378 g/mol. The molecule has 5 nitrogen and oxygen atoms in total. The molecule has 0 spiro atoms. The van der Waals surface area contributed by atoms with E-state index in [-0.39, 0.29) is 23.3 Å². The first-order valence-electron chi connectivity index (χ1n) is 6.92. The first kappa shape index (κ1) is 16.7. The van der Waals surface area contributed by atoms with Gasteiger partial charge in [0.2, 0.25) is 10.0 Å². The van der Waals surface area contributed by atoms with E-state index < -0.39 is 10.0 Å². The zero-order valence-electron chi connectivity index (χ0n) is 11.9. The van der Waals surface area contributed by atoms with Crippen molar-refractivity contribution in [1.82, 2.24) is 4.72 Å². The van der Waals surface area contributed by atoms with Gasteiger partial charge in [-0.2, -0.15) is 0 Å². The van der Waals surface area contributed by atoms with E-state index in [1.165, 1.54) is 19.2 Å². The number of ether oxygens (including phenoxy) is 1. The SMILES string of the molecule is COc1ccc(S(=O)(=O)NCC2CCCC2CO)cc1Br. The topological polar surface area (TPSA) is 75.6 Å². The van der Waals surface area contributed by atoms with Crippen LogP contribution in [0.4, 0.5) is 0 Å². The molecule has 21 heavy (non-hydrogen) atoms. The summed E-state index contributed by atoms with van der Waals surface area (Å²) in [5.74, 6) is 1.01. The molecule has 2 unspecified atom stereocenters. The van der Waals surface area contributed by atoms with E-state index in [0.29, 0.717) is 16.8 Å². The van der Waals surface area contributed by atoms with Crippen LogP contribution in [-0.2, 0) is 10.0 Å². The van der Waals surface area contributed by atoms with Crippen molar-refractivity contribution in [3.8, 4) is 5.75 Å². The van der Waals surface area contributed by atoms with Crippen molar-refractivity contribution in [2.75, 3.05) is 20.3 Å². The molecule has 1 aliphatic rings. The molecule has 2 rings (SSSR count). The van der Waals surface area contributed by atoms with Crippen LogP contribution in [0.15, 0.2) is 27.6 Å². The fraction of sp³-hybridized carbons (Fsp3) is 0.571. The molecular formula is C14H20BrNO4S. The Kier molecular flexibility index (Phi) is 5.65. The summed E-state index contributed by atoms with van der Waals surface area (Å²) in [4.78, 5) is 0.203. The lowest BCUT2D eigenvalue weighted by atomic mass is 9.97. The van der Waals surface area contributed by atoms with Crippen molar-refractivity contribution in [3.63, 3.8) is 0 Å². The molecule has 2 atom stereocenters. The van der Waals surface area contributed by atoms with Gasteiger partial charge in [-0.05, 0) is 58.8 Å². The summed E-state index contributed by atoms with van der Waals surface area (Å²) in [6.07, 6.45) is 2.97. The highest BCUT2D eigenvalue weighted by atomic mass is 79.9. The number of aliphatic hydroxyl groups excluding tert-OH is 1. The van der Waals surface area contributed by atoms with Gasteiger partial charge in [0.15, 0.2) is 0 Å². The van der Waals surface area contributed by atoms with E-state index in [0.717, 1.165) is 19.3 Å². The van der Waals surface area contributed by atoms with Crippen LogP contribution in [0, 0.1) is 11.8 Å². The zero-order chi connectivity index (χ0) is 15.5. The first-order chi connectivity index (χ1) is 9.97. The molecule has 0 bridgehead atoms. The van der Waals surface area contributed by atoms with Gasteiger partial charge in [-0.15, -0.1) is 0 Å². The van der Waals surface area contributed by atoms with E-state index in [2.05, 4.69) is 20.7 Å². The number of hydrogen-bond acceptors (Lipinski definition) is 4. The molecule has 0 saturated heterocycles. The van der Waals surface area contributed by atoms with Gasteiger partial charge in [-0.3, -0.25) is 0 Å². The third kappa shape index (κ3) is 3.97. The normalized spacial score (nSPS) is 22.4. The van der Waals surface area contributed by atoms with Gasteiger partial charge in [0.25, 0.3) is 0 Å².